The van der Waals surface area contributed by atoms with E-state index in [0.29, 0.717) is 10.8 Å². The lowest BCUT2D eigenvalue weighted by molar-refractivity contribution is -0.116. The van der Waals surface area contributed by atoms with Gasteiger partial charge in [-0.2, -0.15) is 5.26 Å². The highest BCUT2D eigenvalue weighted by molar-refractivity contribution is 6.32. The van der Waals surface area contributed by atoms with Gasteiger partial charge in [0.15, 0.2) is 0 Å². The van der Waals surface area contributed by atoms with E-state index in [1.165, 1.54) is 7.05 Å². The van der Waals surface area contributed by atoms with E-state index >= 15 is 0 Å². The number of likely N-dealkylation sites (N-methyl/N-ethyl adjacent to an activating group) is 1. The zero-order valence-corrected chi connectivity index (χ0v) is 14.7. The van der Waals surface area contributed by atoms with Crippen LogP contribution in [0.1, 0.15) is 17.0 Å². The maximum atomic E-state index is 11.7. The van der Waals surface area contributed by atoms with E-state index in [0.717, 1.165) is 22.6 Å². The normalized spacial score (nSPS) is 11.1. The van der Waals surface area contributed by atoms with E-state index in [1.54, 1.807) is 19.3 Å². The lowest BCUT2D eigenvalue weighted by atomic mass is 10.1. The Morgan fingerprint density at radius 2 is 2.08 bits per heavy atom. The second-order valence-corrected chi connectivity index (χ2v) is 5.64. The summed E-state index contributed by atoms with van der Waals surface area (Å²) in [6.07, 6.45) is 1.59. The number of carbonyl (C=O) groups is 1. The number of hydrogen-bond acceptors (Lipinski definition) is 3. The van der Waals surface area contributed by atoms with Crippen molar-refractivity contribution in [2.75, 3.05) is 14.2 Å². The first kappa shape index (κ1) is 17.6. The molecule has 1 amide bonds. The van der Waals surface area contributed by atoms with Crippen LogP contribution in [-0.2, 0) is 4.79 Å². The number of aromatic nitrogens is 1. The first-order chi connectivity index (χ1) is 11.4. The Hall–Kier alpha value is -2.71. The van der Waals surface area contributed by atoms with Gasteiger partial charge in [0.1, 0.15) is 17.4 Å². The van der Waals surface area contributed by atoms with Crippen LogP contribution in [-0.4, -0.2) is 24.6 Å². The third-order valence-electron chi connectivity index (χ3n) is 3.76. The van der Waals surface area contributed by atoms with Crippen LogP contribution in [0, 0.1) is 25.2 Å². The van der Waals surface area contributed by atoms with Gasteiger partial charge in [-0.3, -0.25) is 4.79 Å². The molecule has 1 aromatic carbocycles. The SMILES string of the molecule is CNC(=O)/C(C#N)=C/c1cc(C)n(-c2ccc(OC)c(Cl)c2)c1C. The molecule has 0 aliphatic carbocycles. The van der Waals surface area contributed by atoms with Crippen molar-refractivity contribution in [2.45, 2.75) is 13.8 Å². The molecule has 1 N–H and O–H groups in total. The lowest BCUT2D eigenvalue weighted by Gasteiger charge is -2.12. The van der Waals surface area contributed by atoms with E-state index in [-0.39, 0.29) is 5.57 Å². The molecule has 24 heavy (non-hydrogen) atoms. The van der Waals surface area contributed by atoms with Crippen molar-refractivity contribution < 1.29 is 9.53 Å². The van der Waals surface area contributed by atoms with Crippen LogP contribution in [0.5, 0.6) is 5.75 Å². The molecule has 5 nitrogen and oxygen atoms in total. The summed E-state index contributed by atoms with van der Waals surface area (Å²) in [5, 5.41) is 12.1. The molecule has 1 heterocycles. The average molecular weight is 344 g/mol. The molecular weight excluding hydrogens is 326 g/mol. The minimum Gasteiger partial charge on any atom is -0.495 e. The highest BCUT2D eigenvalue weighted by Crippen LogP contribution is 2.29. The van der Waals surface area contributed by atoms with Crippen LogP contribution >= 0.6 is 11.6 Å². The second kappa shape index (κ2) is 7.24. The second-order valence-electron chi connectivity index (χ2n) is 5.23. The molecule has 0 atom stereocenters. The molecular formula is C18H18ClN3O2. The van der Waals surface area contributed by atoms with Gasteiger partial charge in [-0.15, -0.1) is 0 Å². The molecule has 0 radical (unpaired) electrons. The summed E-state index contributed by atoms with van der Waals surface area (Å²) >= 11 is 6.21. The highest BCUT2D eigenvalue weighted by atomic mass is 35.5. The van der Waals surface area contributed by atoms with Crippen LogP contribution in [0.25, 0.3) is 11.8 Å². The Bertz CT molecular complexity index is 860. The third-order valence-corrected chi connectivity index (χ3v) is 4.05. The topological polar surface area (TPSA) is 67.0 Å². The summed E-state index contributed by atoms with van der Waals surface area (Å²) in [5.74, 6) is 0.198. The van der Waals surface area contributed by atoms with Gasteiger partial charge < -0.3 is 14.6 Å². The molecule has 0 saturated heterocycles. The summed E-state index contributed by atoms with van der Waals surface area (Å²) in [6.45, 7) is 3.88. The molecule has 124 valence electrons. The molecule has 0 aliphatic heterocycles. The predicted molar refractivity (Wildman–Crippen MR) is 94.5 cm³/mol. The van der Waals surface area contributed by atoms with E-state index in [9.17, 15) is 4.79 Å². The van der Waals surface area contributed by atoms with Crippen LogP contribution in [0.15, 0.2) is 29.8 Å². The number of rotatable bonds is 4. The Balaban J connectivity index is 2.54. The quantitative estimate of drug-likeness (QED) is 0.683. The minimum atomic E-state index is -0.408. The van der Waals surface area contributed by atoms with Gasteiger partial charge in [-0.25, -0.2) is 0 Å². The highest BCUT2D eigenvalue weighted by Gasteiger charge is 2.13. The van der Waals surface area contributed by atoms with E-state index in [2.05, 4.69) is 5.32 Å². The molecule has 0 saturated carbocycles. The summed E-state index contributed by atoms with van der Waals surface area (Å²) in [4.78, 5) is 11.7. The molecule has 0 unspecified atom stereocenters. The van der Waals surface area contributed by atoms with Crippen LogP contribution in [0.2, 0.25) is 5.02 Å². The summed E-state index contributed by atoms with van der Waals surface area (Å²) in [6, 6.07) is 9.37. The Morgan fingerprint density at radius 1 is 1.38 bits per heavy atom. The van der Waals surface area contributed by atoms with Crippen molar-refractivity contribution in [1.29, 1.82) is 5.26 Å². The summed E-state index contributed by atoms with van der Waals surface area (Å²) in [7, 11) is 3.06. The fraction of sp³-hybridized carbons (Fsp3) is 0.222. The van der Waals surface area contributed by atoms with Gasteiger partial charge in [-0.05, 0) is 49.8 Å². The smallest absolute Gasteiger partial charge is 0.261 e. The molecule has 6 heteroatoms. The number of aryl methyl sites for hydroxylation is 1. The molecule has 0 bridgehead atoms. The fourth-order valence-corrected chi connectivity index (χ4v) is 2.82. The van der Waals surface area contributed by atoms with E-state index < -0.39 is 5.91 Å². The number of halogens is 1. The van der Waals surface area contributed by atoms with Crippen molar-refractivity contribution in [2.24, 2.45) is 0 Å². The van der Waals surface area contributed by atoms with Gasteiger partial charge in [0.05, 0.1) is 12.1 Å². The van der Waals surface area contributed by atoms with Crippen LogP contribution in [0.3, 0.4) is 0 Å². The van der Waals surface area contributed by atoms with Crippen LogP contribution in [0.4, 0.5) is 0 Å². The fourth-order valence-electron chi connectivity index (χ4n) is 2.56. The number of methoxy groups -OCH3 is 1. The number of benzene rings is 1. The number of hydrogen-bond donors (Lipinski definition) is 1. The number of nitrogens with one attached hydrogen (secondary N) is 1. The molecule has 2 aromatic rings. The standard InChI is InChI=1S/C18H18ClN3O2/c1-11-7-13(8-14(10-20)18(23)21-3)12(2)22(11)15-5-6-17(24-4)16(19)9-15/h5-9H,1-4H3,(H,21,23)/b14-8+. The zero-order valence-electron chi connectivity index (χ0n) is 14.0. The number of ether oxygens (including phenoxy) is 1. The maximum absolute atomic E-state index is 11.7. The summed E-state index contributed by atoms with van der Waals surface area (Å²) < 4.78 is 7.19. The molecule has 2 rings (SSSR count). The number of carbonyl (C=O) groups excluding carboxylic acids is 1. The van der Waals surface area contributed by atoms with Crippen molar-refractivity contribution >= 4 is 23.6 Å². The Kier molecular flexibility index (Phi) is 5.32. The van der Waals surface area contributed by atoms with Gasteiger partial charge in [0, 0.05) is 24.1 Å². The van der Waals surface area contributed by atoms with Gasteiger partial charge in [0.2, 0.25) is 0 Å². The molecule has 1 aromatic heterocycles. The van der Waals surface area contributed by atoms with Gasteiger partial charge in [0.25, 0.3) is 5.91 Å². The van der Waals surface area contributed by atoms with Crippen molar-refractivity contribution in [1.82, 2.24) is 9.88 Å². The monoisotopic (exact) mass is 343 g/mol. The minimum absolute atomic E-state index is 0.0607. The van der Waals surface area contributed by atoms with Gasteiger partial charge >= 0.3 is 0 Å². The van der Waals surface area contributed by atoms with Gasteiger partial charge in [-0.1, -0.05) is 11.6 Å². The Labute approximate surface area is 146 Å². The number of amides is 1. The molecule has 0 spiro atoms. The van der Waals surface area contributed by atoms with Crippen molar-refractivity contribution in [3.8, 4) is 17.5 Å². The third kappa shape index (κ3) is 3.29. The maximum Gasteiger partial charge on any atom is 0.261 e. The van der Waals surface area contributed by atoms with Crippen molar-refractivity contribution in [3.05, 3.63) is 51.8 Å². The molecule has 0 aliphatic rings. The average Bonchev–Trinajstić information content (AvgIpc) is 2.85. The number of nitrogens with zero attached hydrogens (tertiary/aromatic N) is 2. The molecule has 0 fully saturated rings. The summed E-state index contributed by atoms with van der Waals surface area (Å²) in [5.41, 5.74) is 3.62. The predicted octanol–water partition coefficient (Wildman–Crippen LogP) is 3.41. The van der Waals surface area contributed by atoms with Crippen molar-refractivity contribution in [3.63, 3.8) is 0 Å². The first-order valence-electron chi connectivity index (χ1n) is 7.29. The van der Waals surface area contributed by atoms with E-state index in [1.807, 2.05) is 42.7 Å². The first-order valence-corrected chi connectivity index (χ1v) is 7.67. The van der Waals surface area contributed by atoms with Crippen LogP contribution < -0.4 is 10.1 Å². The number of nitriles is 1. The largest absolute Gasteiger partial charge is 0.495 e. The zero-order chi connectivity index (χ0) is 17.9. The Morgan fingerprint density at radius 3 is 2.62 bits per heavy atom. The lowest BCUT2D eigenvalue weighted by Crippen LogP contribution is -2.19. The van der Waals surface area contributed by atoms with E-state index in [4.69, 9.17) is 21.6 Å².